The normalized spacial score (nSPS) is 12.4. The lowest BCUT2D eigenvalue weighted by molar-refractivity contribution is -0.140. The second-order valence-electron chi connectivity index (χ2n) is 4.78. The molecule has 0 aliphatic heterocycles. The SMILES string of the molecule is CCC(CC)(C(=O)O)S(=O)(=O)c1cc(C)ccc1C. The Morgan fingerprint density at radius 1 is 1.21 bits per heavy atom. The average molecular weight is 284 g/mol. The van der Waals surface area contributed by atoms with Gasteiger partial charge in [-0.05, 0) is 43.9 Å². The zero-order chi connectivity index (χ0) is 14.8. The molecule has 1 aromatic carbocycles. The van der Waals surface area contributed by atoms with Crippen molar-refractivity contribution >= 4 is 15.8 Å². The highest BCUT2D eigenvalue weighted by Gasteiger charge is 2.49. The number of hydrogen-bond acceptors (Lipinski definition) is 3. The van der Waals surface area contributed by atoms with Gasteiger partial charge in [-0.25, -0.2) is 8.42 Å². The largest absolute Gasteiger partial charge is 0.480 e. The summed E-state index contributed by atoms with van der Waals surface area (Å²) in [5, 5.41) is 9.40. The van der Waals surface area contributed by atoms with Gasteiger partial charge >= 0.3 is 5.97 Å². The van der Waals surface area contributed by atoms with Gasteiger partial charge in [-0.15, -0.1) is 0 Å². The number of carbonyl (C=O) groups is 1. The first-order valence-electron chi connectivity index (χ1n) is 6.28. The topological polar surface area (TPSA) is 71.4 Å². The molecular weight excluding hydrogens is 264 g/mol. The molecule has 0 saturated carbocycles. The van der Waals surface area contributed by atoms with Crippen molar-refractivity contribution in [2.75, 3.05) is 0 Å². The van der Waals surface area contributed by atoms with Crippen molar-refractivity contribution in [3.63, 3.8) is 0 Å². The first-order valence-corrected chi connectivity index (χ1v) is 7.76. The molecule has 0 bridgehead atoms. The Labute approximate surface area is 114 Å². The Morgan fingerprint density at radius 2 is 1.74 bits per heavy atom. The molecule has 1 aromatic rings. The van der Waals surface area contributed by atoms with E-state index < -0.39 is 20.6 Å². The third-order valence-electron chi connectivity index (χ3n) is 3.68. The number of aliphatic carboxylic acids is 1. The van der Waals surface area contributed by atoms with Gasteiger partial charge in [0.1, 0.15) is 0 Å². The number of aryl methyl sites for hydroxylation is 2. The minimum absolute atomic E-state index is 0.0501. The maximum atomic E-state index is 12.8. The summed E-state index contributed by atoms with van der Waals surface area (Å²) < 4.78 is 23.8. The molecule has 0 aliphatic carbocycles. The smallest absolute Gasteiger partial charge is 0.325 e. The molecule has 19 heavy (non-hydrogen) atoms. The fraction of sp³-hybridized carbons (Fsp3) is 0.500. The van der Waals surface area contributed by atoms with Gasteiger partial charge in [-0.2, -0.15) is 0 Å². The van der Waals surface area contributed by atoms with E-state index in [0.29, 0.717) is 5.56 Å². The van der Waals surface area contributed by atoms with E-state index in [2.05, 4.69) is 0 Å². The van der Waals surface area contributed by atoms with Crippen LogP contribution in [-0.4, -0.2) is 24.2 Å². The summed E-state index contributed by atoms with van der Waals surface area (Å²) in [6.45, 7) is 6.67. The van der Waals surface area contributed by atoms with Gasteiger partial charge in [-0.1, -0.05) is 26.0 Å². The van der Waals surface area contributed by atoms with Crippen molar-refractivity contribution in [1.29, 1.82) is 0 Å². The van der Waals surface area contributed by atoms with Gasteiger partial charge < -0.3 is 5.11 Å². The predicted octanol–water partition coefficient (Wildman–Crippen LogP) is 2.72. The standard InChI is InChI=1S/C14H20O4S/c1-5-14(6-2,13(15)16)19(17,18)12-9-10(3)7-8-11(12)4/h7-9H,5-6H2,1-4H3,(H,15,16). The van der Waals surface area contributed by atoms with E-state index in [1.165, 1.54) is 0 Å². The van der Waals surface area contributed by atoms with E-state index in [4.69, 9.17) is 0 Å². The Morgan fingerprint density at radius 3 is 2.16 bits per heavy atom. The van der Waals surface area contributed by atoms with Crippen LogP contribution in [0.2, 0.25) is 0 Å². The number of carboxylic acid groups (broad SMARTS) is 1. The molecule has 5 heteroatoms. The fourth-order valence-corrected chi connectivity index (χ4v) is 4.50. The lowest BCUT2D eigenvalue weighted by Crippen LogP contribution is -2.45. The van der Waals surface area contributed by atoms with Gasteiger partial charge in [0.05, 0.1) is 4.90 Å². The summed E-state index contributed by atoms with van der Waals surface area (Å²) in [7, 11) is -3.91. The van der Waals surface area contributed by atoms with Crippen molar-refractivity contribution in [3.05, 3.63) is 29.3 Å². The first kappa shape index (κ1) is 15.7. The van der Waals surface area contributed by atoms with Crippen molar-refractivity contribution in [2.45, 2.75) is 50.2 Å². The third-order valence-corrected chi connectivity index (χ3v) is 6.48. The maximum absolute atomic E-state index is 12.8. The van der Waals surface area contributed by atoms with E-state index in [1.807, 2.05) is 6.07 Å². The maximum Gasteiger partial charge on any atom is 0.325 e. The summed E-state index contributed by atoms with van der Waals surface area (Å²) in [6.07, 6.45) is 0.100. The van der Waals surface area contributed by atoms with Crippen LogP contribution in [0.5, 0.6) is 0 Å². The molecule has 0 aromatic heterocycles. The lowest BCUT2D eigenvalue weighted by Gasteiger charge is -2.27. The Kier molecular flexibility index (Phi) is 4.40. The molecule has 0 amide bonds. The molecule has 0 heterocycles. The fourth-order valence-electron chi connectivity index (χ4n) is 2.25. The zero-order valence-electron chi connectivity index (χ0n) is 11.7. The monoisotopic (exact) mass is 284 g/mol. The summed E-state index contributed by atoms with van der Waals surface area (Å²) in [6, 6.07) is 5.07. The number of sulfone groups is 1. The minimum Gasteiger partial charge on any atom is -0.480 e. The Hall–Kier alpha value is -1.36. The van der Waals surface area contributed by atoms with Gasteiger partial charge in [0, 0.05) is 0 Å². The second-order valence-corrected chi connectivity index (χ2v) is 7.01. The van der Waals surface area contributed by atoms with E-state index in [0.717, 1.165) is 5.56 Å². The molecule has 1 N–H and O–H groups in total. The molecule has 4 nitrogen and oxygen atoms in total. The number of hydrogen-bond donors (Lipinski definition) is 1. The lowest BCUT2D eigenvalue weighted by atomic mass is 10.0. The summed E-state index contributed by atoms with van der Waals surface area (Å²) in [4.78, 5) is 11.6. The van der Waals surface area contributed by atoms with Crippen LogP contribution < -0.4 is 0 Å². The van der Waals surface area contributed by atoms with Crippen LogP contribution in [0.25, 0.3) is 0 Å². The van der Waals surface area contributed by atoms with Crippen LogP contribution in [0, 0.1) is 13.8 Å². The van der Waals surface area contributed by atoms with Gasteiger partial charge in [-0.3, -0.25) is 4.79 Å². The van der Waals surface area contributed by atoms with Gasteiger partial charge in [0.15, 0.2) is 14.6 Å². The van der Waals surface area contributed by atoms with Crippen molar-refractivity contribution in [2.24, 2.45) is 0 Å². The third kappa shape index (κ3) is 2.39. The van der Waals surface area contributed by atoms with Gasteiger partial charge in [0.2, 0.25) is 0 Å². The highest BCUT2D eigenvalue weighted by Crippen LogP contribution is 2.34. The molecule has 0 spiro atoms. The van der Waals surface area contributed by atoms with Gasteiger partial charge in [0.25, 0.3) is 0 Å². The molecule has 0 radical (unpaired) electrons. The highest BCUT2D eigenvalue weighted by molar-refractivity contribution is 7.93. The molecule has 0 aliphatic rings. The molecule has 0 saturated heterocycles. The van der Waals surface area contributed by atoms with E-state index in [1.54, 1.807) is 39.8 Å². The number of rotatable bonds is 5. The van der Waals surface area contributed by atoms with Crippen LogP contribution in [-0.2, 0) is 14.6 Å². The molecular formula is C14H20O4S. The minimum atomic E-state index is -3.91. The van der Waals surface area contributed by atoms with Crippen LogP contribution in [0.3, 0.4) is 0 Å². The molecule has 1 rings (SSSR count). The Bertz CT molecular complexity index is 583. The van der Waals surface area contributed by atoms with Crippen LogP contribution in [0.1, 0.15) is 37.8 Å². The zero-order valence-corrected chi connectivity index (χ0v) is 12.5. The molecule has 0 atom stereocenters. The van der Waals surface area contributed by atoms with Crippen LogP contribution >= 0.6 is 0 Å². The average Bonchev–Trinajstić information content (AvgIpc) is 2.33. The summed E-state index contributed by atoms with van der Waals surface area (Å²) >= 11 is 0. The Balaban J connectivity index is 3.62. The van der Waals surface area contributed by atoms with Crippen LogP contribution in [0.15, 0.2) is 23.1 Å². The predicted molar refractivity (Wildman–Crippen MR) is 74.1 cm³/mol. The highest BCUT2D eigenvalue weighted by atomic mass is 32.2. The quantitative estimate of drug-likeness (QED) is 0.902. The van der Waals surface area contributed by atoms with Crippen molar-refractivity contribution in [3.8, 4) is 0 Å². The number of carboxylic acids is 1. The van der Waals surface area contributed by atoms with Crippen LogP contribution in [0.4, 0.5) is 0 Å². The van der Waals surface area contributed by atoms with E-state index in [9.17, 15) is 18.3 Å². The first-order chi connectivity index (χ1) is 8.72. The molecule has 0 fully saturated rings. The number of benzene rings is 1. The second kappa shape index (κ2) is 5.33. The molecule has 106 valence electrons. The van der Waals surface area contributed by atoms with Crippen molar-refractivity contribution in [1.82, 2.24) is 0 Å². The molecule has 0 unspecified atom stereocenters. The van der Waals surface area contributed by atoms with Crippen molar-refractivity contribution < 1.29 is 18.3 Å². The van der Waals surface area contributed by atoms with E-state index >= 15 is 0 Å². The summed E-state index contributed by atoms with van der Waals surface area (Å²) in [5.74, 6) is -1.28. The summed E-state index contributed by atoms with van der Waals surface area (Å²) in [5.41, 5.74) is 1.38. The van der Waals surface area contributed by atoms with E-state index in [-0.39, 0.29) is 17.7 Å².